The summed E-state index contributed by atoms with van der Waals surface area (Å²) in [5.74, 6) is 0.123. The van der Waals surface area contributed by atoms with Gasteiger partial charge < -0.3 is 15.7 Å². The van der Waals surface area contributed by atoms with Gasteiger partial charge in [-0.05, 0) is 30.5 Å². The van der Waals surface area contributed by atoms with Crippen molar-refractivity contribution in [3.63, 3.8) is 0 Å². The lowest BCUT2D eigenvalue weighted by molar-refractivity contribution is -0.120. The molecule has 0 spiro atoms. The van der Waals surface area contributed by atoms with E-state index in [9.17, 15) is 9.90 Å². The Morgan fingerprint density at radius 1 is 1.37 bits per heavy atom. The lowest BCUT2D eigenvalue weighted by Gasteiger charge is -2.18. The quantitative estimate of drug-likeness (QED) is 0.789. The molecule has 1 aromatic carbocycles. The third kappa shape index (κ3) is 4.60. The highest BCUT2D eigenvalue weighted by atomic mass is 79.9. The molecular formula is C14H19BrN2O2. The molecule has 0 aromatic heterocycles. The first-order valence-corrected chi connectivity index (χ1v) is 7.38. The topological polar surface area (TPSA) is 61.4 Å². The number of carbonyl (C=O) groups excluding carboxylic acids is 1. The molecule has 1 unspecified atom stereocenters. The average molecular weight is 327 g/mol. The highest BCUT2D eigenvalue weighted by Crippen LogP contribution is 2.17. The second kappa shape index (κ2) is 7.03. The fourth-order valence-electron chi connectivity index (χ4n) is 2.21. The maximum Gasteiger partial charge on any atom is 0.220 e. The van der Waals surface area contributed by atoms with Crippen LogP contribution in [0, 0.1) is 0 Å². The molecule has 0 saturated carbocycles. The molecule has 0 radical (unpaired) electrons. The van der Waals surface area contributed by atoms with Gasteiger partial charge in [0, 0.05) is 30.0 Å². The van der Waals surface area contributed by atoms with Crippen molar-refractivity contribution in [1.29, 1.82) is 0 Å². The summed E-state index contributed by atoms with van der Waals surface area (Å²) in [4.78, 5) is 11.2. The van der Waals surface area contributed by atoms with Gasteiger partial charge >= 0.3 is 0 Å². The number of hydrogen-bond donors (Lipinski definition) is 3. The van der Waals surface area contributed by atoms with E-state index in [1.165, 1.54) is 0 Å². The number of hydrogen-bond acceptors (Lipinski definition) is 3. The van der Waals surface area contributed by atoms with E-state index in [1.54, 1.807) is 0 Å². The summed E-state index contributed by atoms with van der Waals surface area (Å²) in [6.45, 7) is 1.23. The molecule has 1 aliphatic rings. The van der Waals surface area contributed by atoms with Crippen LogP contribution in [-0.2, 0) is 4.79 Å². The van der Waals surface area contributed by atoms with Crippen LogP contribution in [0.2, 0.25) is 0 Å². The lowest BCUT2D eigenvalue weighted by atomic mass is 10.1. The normalized spacial score (nSPS) is 21.6. The van der Waals surface area contributed by atoms with Gasteiger partial charge in [0.1, 0.15) is 0 Å². The van der Waals surface area contributed by atoms with Crippen LogP contribution < -0.4 is 10.6 Å². The maximum atomic E-state index is 11.2. The third-order valence-electron chi connectivity index (χ3n) is 3.39. The van der Waals surface area contributed by atoms with E-state index in [0.717, 1.165) is 22.9 Å². The molecule has 0 aliphatic carbocycles. The zero-order valence-corrected chi connectivity index (χ0v) is 12.3. The van der Waals surface area contributed by atoms with Gasteiger partial charge in [0.2, 0.25) is 5.91 Å². The van der Waals surface area contributed by atoms with Gasteiger partial charge in [-0.2, -0.15) is 0 Å². The minimum atomic E-state index is -0.514. The molecule has 1 heterocycles. The predicted molar refractivity (Wildman–Crippen MR) is 77.8 cm³/mol. The summed E-state index contributed by atoms with van der Waals surface area (Å²) >= 11 is 3.37. The maximum absolute atomic E-state index is 11.2. The molecule has 1 fully saturated rings. The molecule has 1 saturated heterocycles. The van der Waals surface area contributed by atoms with Gasteiger partial charge in [-0.1, -0.05) is 28.1 Å². The van der Waals surface area contributed by atoms with Gasteiger partial charge in [-0.25, -0.2) is 0 Å². The molecule has 4 nitrogen and oxygen atoms in total. The molecule has 2 atom stereocenters. The number of nitrogens with one attached hydrogen (secondary N) is 2. The smallest absolute Gasteiger partial charge is 0.220 e. The summed E-state index contributed by atoms with van der Waals surface area (Å²) in [5.41, 5.74) is 0.901. The summed E-state index contributed by atoms with van der Waals surface area (Å²) in [5, 5.41) is 16.3. The van der Waals surface area contributed by atoms with Crippen molar-refractivity contribution in [3.8, 4) is 0 Å². The first-order valence-electron chi connectivity index (χ1n) is 6.59. The molecule has 2 rings (SSSR count). The highest BCUT2D eigenvalue weighted by Gasteiger charge is 2.17. The monoisotopic (exact) mass is 326 g/mol. The van der Waals surface area contributed by atoms with Gasteiger partial charge in [-0.3, -0.25) is 4.79 Å². The van der Waals surface area contributed by atoms with E-state index in [1.807, 2.05) is 24.3 Å². The van der Waals surface area contributed by atoms with Crippen molar-refractivity contribution in [2.75, 3.05) is 13.1 Å². The van der Waals surface area contributed by atoms with Gasteiger partial charge in [0.15, 0.2) is 0 Å². The van der Waals surface area contributed by atoms with Crippen molar-refractivity contribution in [3.05, 3.63) is 34.3 Å². The number of carbonyl (C=O) groups is 1. The molecule has 1 aliphatic heterocycles. The second-order valence-electron chi connectivity index (χ2n) is 4.85. The molecule has 1 amide bonds. The summed E-state index contributed by atoms with van der Waals surface area (Å²) < 4.78 is 1.00. The number of benzene rings is 1. The fraction of sp³-hybridized carbons (Fsp3) is 0.500. The summed E-state index contributed by atoms with van der Waals surface area (Å²) in [6.07, 6.45) is 1.80. The van der Waals surface area contributed by atoms with Crippen molar-refractivity contribution in [2.45, 2.75) is 31.4 Å². The second-order valence-corrected chi connectivity index (χ2v) is 5.77. The van der Waals surface area contributed by atoms with Gasteiger partial charge in [-0.15, -0.1) is 0 Å². The van der Waals surface area contributed by atoms with Crippen LogP contribution in [0.25, 0.3) is 0 Å². The van der Waals surface area contributed by atoms with Crippen LogP contribution in [0.1, 0.15) is 30.9 Å². The highest BCUT2D eigenvalue weighted by molar-refractivity contribution is 9.10. The number of amides is 1. The Balaban J connectivity index is 1.81. The Bertz CT molecular complexity index is 422. The van der Waals surface area contributed by atoms with Crippen molar-refractivity contribution in [1.82, 2.24) is 10.6 Å². The van der Waals surface area contributed by atoms with Crippen molar-refractivity contribution < 1.29 is 9.90 Å². The van der Waals surface area contributed by atoms with E-state index >= 15 is 0 Å². The van der Waals surface area contributed by atoms with Gasteiger partial charge in [0.05, 0.1) is 6.10 Å². The number of aliphatic hydroxyl groups excluding tert-OH is 1. The number of halogens is 1. The Morgan fingerprint density at radius 3 is 2.84 bits per heavy atom. The molecule has 3 N–H and O–H groups in total. The third-order valence-corrected chi connectivity index (χ3v) is 3.92. The van der Waals surface area contributed by atoms with Crippen LogP contribution in [-0.4, -0.2) is 30.1 Å². The first kappa shape index (κ1) is 14.5. The van der Waals surface area contributed by atoms with Crippen LogP contribution >= 0.6 is 15.9 Å². The van der Waals surface area contributed by atoms with Crippen LogP contribution in [0.4, 0.5) is 0 Å². The summed E-state index contributed by atoms with van der Waals surface area (Å²) in [7, 11) is 0. The number of rotatable bonds is 4. The van der Waals surface area contributed by atoms with E-state index in [4.69, 9.17) is 0 Å². The zero-order valence-electron chi connectivity index (χ0n) is 10.7. The average Bonchev–Trinajstić information content (AvgIpc) is 2.61. The predicted octanol–water partition coefficient (Wildman–Crippen LogP) is 1.74. The van der Waals surface area contributed by atoms with Gasteiger partial charge in [0.25, 0.3) is 0 Å². The van der Waals surface area contributed by atoms with Crippen LogP contribution in [0.3, 0.4) is 0 Å². The minimum absolute atomic E-state index is 0.123. The zero-order chi connectivity index (χ0) is 13.7. The molecule has 19 heavy (non-hydrogen) atoms. The molecule has 5 heteroatoms. The number of aliphatic hydroxyl groups is 1. The Morgan fingerprint density at radius 2 is 2.11 bits per heavy atom. The Hall–Kier alpha value is -0.910. The van der Waals surface area contributed by atoms with Crippen LogP contribution in [0.5, 0.6) is 0 Å². The molecule has 104 valence electrons. The fourth-order valence-corrected chi connectivity index (χ4v) is 2.47. The van der Waals surface area contributed by atoms with Crippen molar-refractivity contribution in [2.24, 2.45) is 0 Å². The molecular weight excluding hydrogens is 308 g/mol. The van der Waals surface area contributed by atoms with E-state index in [-0.39, 0.29) is 5.91 Å². The SMILES string of the molecule is O=C1CCC(NC[C@@H](O)c2ccc(Br)cc2)CCN1. The molecule has 0 bridgehead atoms. The van der Waals surface area contributed by atoms with E-state index < -0.39 is 6.10 Å². The van der Waals surface area contributed by atoms with E-state index in [2.05, 4.69) is 26.6 Å². The molecule has 1 aromatic rings. The van der Waals surface area contributed by atoms with Crippen molar-refractivity contribution >= 4 is 21.8 Å². The van der Waals surface area contributed by atoms with Crippen LogP contribution in [0.15, 0.2) is 28.7 Å². The lowest BCUT2D eigenvalue weighted by Crippen LogP contribution is -2.33. The summed E-state index contributed by atoms with van der Waals surface area (Å²) in [6, 6.07) is 7.96. The van der Waals surface area contributed by atoms with E-state index in [0.29, 0.717) is 25.6 Å². The Labute approximate surface area is 121 Å². The minimum Gasteiger partial charge on any atom is -0.387 e. The largest absolute Gasteiger partial charge is 0.387 e. The first-order chi connectivity index (χ1) is 9.15. The Kier molecular flexibility index (Phi) is 5.36. The standard InChI is InChI=1S/C14H19BrN2O2/c15-11-3-1-10(2-4-11)13(18)9-17-12-5-6-14(19)16-8-7-12/h1-4,12-13,17-18H,5-9H2,(H,16,19)/t12?,13-/m1/s1.